The minimum atomic E-state index is -0.814. The maximum absolute atomic E-state index is 11.1. The topological polar surface area (TPSA) is 75.1 Å². The van der Waals surface area contributed by atoms with Gasteiger partial charge in [0.05, 0.1) is 0 Å². The Labute approximate surface area is 111 Å². The lowest BCUT2D eigenvalue weighted by Crippen LogP contribution is -2.37. The van der Waals surface area contributed by atoms with E-state index < -0.39 is 12.0 Å². The number of aromatic nitrogens is 2. The normalized spacial score (nSPS) is 12.7. The molecular formula is C12H19N3O2S. The predicted octanol–water partition coefficient (Wildman–Crippen LogP) is 1.79. The van der Waals surface area contributed by atoms with E-state index in [1.165, 1.54) is 11.8 Å². The zero-order valence-corrected chi connectivity index (χ0v) is 11.7. The summed E-state index contributed by atoms with van der Waals surface area (Å²) in [6, 6.07) is -0.523. The summed E-state index contributed by atoms with van der Waals surface area (Å²) >= 11 is 1.48. The number of carboxylic acid groups (broad SMARTS) is 1. The molecule has 0 amide bonds. The molecule has 0 aliphatic heterocycles. The molecule has 6 heteroatoms. The van der Waals surface area contributed by atoms with E-state index in [1.54, 1.807) is 12.4 Å². The van der Waals surface area contributed by atoms with Gasteiger partial charge in [0, 0.05) is 24.5 Å². The minimum absolute atomic E-state index is 0.341. The van der Waals surface area contributed by atoms with Gasteiger partial charge in [-0.15, -0.1) is 0 Å². The number of nitrogens with one attached hydrogen (secondary N) is 1. The van der Waals surface area contributed by atoms with Gasteiger partial charge in [-0.05, 0) is 18.6 Å². The average Bonchev–Trinajstić information content (AvgIpc) is 2.34. The van der Waals surface area contributed by atoms with Crippen LogP contribution >= 0.6 is 11.8 Å². The molecule has 100 valence electrons. The number of hydrogen-bond donors (Lipinski definition) is 2. The second-order valence-electron chi connectivity index (χ2n) is 4.48. The molecule has 0 bridgehead atoms. The fourth-order valence-corrected chi connectivity index (χ4v) is 1.84. The molecule has 18 heavy (non-hydrogen) atoms. The third-order valence-corrected chi connectivity index (χ3v) is 3.00. The van der Waals surface area contributed by atoms with Crippen LogP contribution in [0.3, 0.4) is 0 Å². The second-order valence-corrected chi connectivity index (χ2v) is 5.25. The van der Waals surface area contributed by atoms with E-state index in [9.17, 15) is 4.79 Å². The summed E-state index contributed by atoms with van der Waals surface area (Å²) in [7, 11) is 0. The SMILES string of the molecule is CSc1ncc(CN[C@@H](CC(C)C)C(=O)O)cn1. The molecule has 0 radical (unpaired) electrons. The summed E-state index contributed by atoms with van der Waals surface area (Å²) in [5.41, 5.74) is 0.891. The highest BCUT2D eigenvalue weighted by Crippen LogP contribution is 2.08. The molecule has 1 aromatic rings. The highest BCUT2D eigenvalue weighted by molar-refractivity contribution is 7.98. The van der Waals surface area contributed by atoms with Gasteiger partial charge in [-0.2, -0.15) is 0 Å². The third-order valence-electron chi connectivity index (χ3n) is 2.42. The van der Waals surface area contributed by atoms with Crippen molar-refractivity contribution in [3.8, 4) is 0 Å². The van der Waals surface area contributed by atoms with E-state index >= 15 is 0 Å². The van der Waals surface area contributed by atoms with Crippen molar-refractivity contribution in [1.29, 1.82) is 0 Å². The van der Waals surface area contributed by atoms with Gasteiger partial charge < -0.3 is 10.4 Å². The Balaban J connectivity index is 2.52. The number of carbonyl (C=O) groups is 1. The van der Waals surface area contributed by atoms with E-state index in [4.69, 9.17) is 5.11 Å². The Hall–Kier alpha value is -1.14. The molecule has 0 fully saturated rings. The van der Waals surface area contributed by atoms with E-state index in [1.807, 2.05) is 20.1 Å². The van der Waals surface area contributed by atoms with Gasteiger partial charge in [0.2, 0.25) is 0 Å². The third kappa shape index (κ3) is 5.01. The van der Waals surface area contributed by atoms with Crippen LogP contribution in [0.5, 0.6) is 0 Å². The Bertz CT molecular complexity index is 381. The number of rotatable bonds is 7. The molecule has 1 aromatic heterocycles. The van der Waals surface area contributed by atoms with Crippen molar-refractivity contribution in [2.45, 2.75) is 38.0 Å². The fraction of sp³-hybridized carbons (Fsp3) is 0.583. The van der Waals surface area contributed by atoms with Gasteiger partial charge in [-0.3, -0.25) is 4.79 Å². The van der Waals surface area contributed by atoms with Crippen molar-refractivity contribution in [3.63, 3.8) is 0 Å². The van der Waals surface area contributed by atoms with Gasteiger partial charge in [-0.25, -0.2) is 9.97 Å². The van der Waals surface area contributed by atoms with Gasteiger partial charge in [0.25, 0.3) is 0 Å². The van der Waals surface area contributed by atoms with Crippen LogP contribution in [0, 0.1) is 5.92 Å². The van der Waals surface area contributed by atoms with Gasteiger partial charge in [-0.1, -0.05) is 25.6 Å². The van der Waals surface area contributed by atoms with Crippen LogP contribution in [0.2, 0.25) is 0 Å². The molecule has 1 atom stereocenters. The number of aliphatic carboxylic acids is 1. The number of thioether (sulfide) groups is 1. The van der Waals surface area contributed by atoms with E-state index in [0.29, 0.717) is 18.9 Å². The van der Waals surface area contributed by atoms with Crippen LogP contribution in [-0.4, -0.2) is 33.3 Å². The maximum Gasteiger partial charge on any atom is 0.320 e. The van der Waals surface area contributed by atoms with Crippen molar-refractivity contribution in [2.75, 3.05) is 6.26 Å². The Morgan fingerprint density at radius 2 is 2.06 bits per heavy atom. The van der Waals surface area contributed by atoms with Crippen LogP contribution in [-0.2, 0) is 11.3 Å². The summed E-state index contributed by atoms with van der Waals surface area (Å²) < 4.78 is 0. The Kier molecular flexibility index (Phi) is 6.07. The zero-order chi connectivity index (χ0) is 13.5. The van der Waals surface area contributed by atoms with Crippen molar-refractivity contribution < 1.29 is 9.90 Å². The van der Waals surface area contributed by atoms with Crippen LogP contribution in [0.4, 0.5) is 0 Å². The fourth-order valence-electron chi connectivity index (χ4n) is 1.52. The minimum Gasteiger partial charge on any atom is -0.480 e. The van der Waals surface area contributed by atoms with Crippen molar-refractivity contribution >= 4 is 17.7 Å². The molecule has 1 rings (SSSR count). The first-order valence-corrected chi connectivity index (χ1v) is 7.06. The van der Waals surface area contributed by atoms with E-state index in [0.717, 1.165) is 10.7 Å². The van der Waals surface area contributed by atoms with Gasteiger partial charge in [0.1, 0.15) is 6.04 Å². The van der Waals surface area contributed by atoms with Gasteiger partial charge in [0.15, 0.2) is 5.16 Å². The summed E-state index contributed by atoms with van der Waals surface area (Å²) in [5, 5.41) is 12.8. The van der Waals surface area contributed by atoms with Crippen molar-refractivity contribution in [2.24, 2.45) is 5.92 Å². The summed E-state index contributed by atoms with van der Waals surface area (Å²) in [4.78, 5) is 19.4. The van der Waals surface area contributed by atoms with Crippen LogP contribution in [0.25, 0.3) is 0 Å². The number of carboxylic acids is 1. The molecule has 2 N–H and O–H groups in total. The molecule has 0 aromatic carbocycles. The monoisotopic (exact) mass is 269 g/mol. The quantitative estimate of drug-likeness (QED) is 0.580. The summed E-state index contributed by atoms with van der Waals surface area (Å²) in [5.74, 6) is -0.473. The molecule has 5 nitrogen and oxygen atoms in total. The van der Waals surface area contributed by atoms with Crippen molar-refractivity contribution in [1.82, 2.24) is 15.3 Å². The first kappa shape index (κ1) is 14.9. The molecule has 0 aliphatic rings. The van der Waals surface area contributed by atoms with Gasteiger partial charge >= 0.3 is 5.97 Å². The summed E-state index contributed by atoms with van der Waals surface area (Å²) in [6.45, 7) is 4.49. The average molecular weight is 269 g/mol. The van der Waals surface area contributed by atoms with E-state index in [-0.39, 0.29) is 0 Å². The van der Waals surface area contributed by atoms with Crippen LogP contribution in [0.1, 0.15) is 25.8 Å². The highest BCUT2D eigenvalue weighted by Gasteiger charge is 2.17. The molecule has 0 aliphatic carbocycles. The zero-order valence-electron chi connectivity index (χ0n) is 10.9. The smallest absolute Gasteiger partial charge is 0.320 e. The standard InChI is InChI=1S/C12H19N3O2S/c1-8(2)4-10(11(16)17)13-5-9-6-14-12(18-3)15-7-9/h6-8,10,13H,4-5H2,1-3H3,(H,16,17)/t10-/m0/s1. The first-order chi connectivity index (χ1) is 8.52. The number of nitrogens with zero attached hydrogens (tertiary/aromatic N) is 2. The van der Waals surface area contributed by atoms with Crippen molar-refractivity contribution in [3.05, 3.63) is 18.0 Å². The Morgan fingerprint density at radius 1 is 1.44 bits per heavy atom. The first-order valence-electron chi connectivity index (χ1n) is 5.84. The lowest BCUT2D eigenvalue weighted by Gasteiger charge is -2.16. The molecular weight excluding hydrogens is 250 g/mol. The predicted molar refractivity (Wildman–Crippen MR) is 71.5 cm³/mol. The Morgan fingerprint density at radius 3 is 2.50 bits per heavy atom. The molecule has 0 saturated carbocycles. The number of hydrogen-bond acceptors (Lipinski definition) is 5. The van der Waals surface area contributed by atoms with Crippen LogP contribution < -0.4 is 5.32 Å². The maximum atomic E-state index is 11.1. The molecule has 0 spiro atoms. The van der Waals surface area contributed by atoms with E-state index in [2.05, 4.69) is 15.3 Å². The highest BCUT2D eigenvalue weighted by atomic mass is 32.2. The van der Waals surface area contributed by atoms with Crippen LogP contribution in [0.15, 0.2) is 17.6 Å². The molecule has 0 unspecified atom stereocenters. The second kappa shape index (κ2) is 7.33. The summed E-state index contributed by atoms with van der Waals surface area (Å²) in [6.07, 6.45) is 5.97. The lowest BCUT2D eigenvalue weighted by atomic mass is 10.0. The molecule has 1 heterocycles. The molecule has 0 saturated heterocycles. The lowest BCUT2D eigenvalue weighted by molar-refractivity contribution is -0.140. The largest absolute Gasteiger partial charge is 0.480 e.